The maximum atomic E-state index is 12.5. The van der Waals surface area contributed by atoms with Gasteiger partial charge in [0.15, 0.2) is 0 Å². The molecular formula is C24H32ClN3O3S. The van der Waals surface area contributed by atoms with Crippen LogP contribution in [0.15, 0.2) is 42.5 Å². The molecule has 1 heterocycles. The largest absolute Gasteiger partial charge is 0.352 e. The fourth-order valence-electron chi connectivity index (χ4n) is 4.06. The molecule has 8 heteroatoms. The van der Waals surface area contributed by atoms with Crippen LogP contribution in [0.1, 0.15) is 42.4 Å². The molecule has 3 rings (SSSR count). The van der Waals surface area contributed by atoms with E-state index in [-0.39, 0.29) is 18.9 Å². The number of amides is 1. The minimum atomic E-state index is -3.49. The normalized spacial score (nSPS) is 14.5. The number of sulfonamides is 1. The highest BCUT2D eigenvalue weighted by atomic mass is 35.5. The molecule has 2 aromatic carbocycles. The minimum Gasteiger partial charge on any atom is -0.352 e. The Kier molecular flexibility index (Phi) is 8.57. The molecule has 2 aromatic rings. The first kappa shape index (κ1) is 24.6. The molecule has 1 aliphatic rings. The maximum Gasteiger partial charge on any atom is 0.232 e. The van der Waals surface area contributed by atoms with Crippen molar-refractivity contribution in [1.82, 2.24) is 10.2 Å². The van der Waals surface area contributed by atoms with Gasteiger partial charge in [0.1, 0.15) is 0 Å². The number of rotatable bonds is 10. The van der Waals surface area contributed by atoms with Crippen LogP contribution in [-0.4, -0.2) is 45.1 Å². The average Bonchev–Trinajstić information content (AvgIpc) is 3.25. The molecule has 0 spiro atoms. The number of carbonyl (C=O) groups excluding carboxylic acids is 1. The maximum absolute atomic E-state index is 12.5. The first-order valence-corrected chi connectivity index (χ1v) is 13.3. The van der Waals surface area contributed by atoms with Gasteiger partial charge in [-0.2, -0.15) is 0 Å². The smallest absolute Gasteiger partial charge is 0.232 e. The van der Waals surface area contributed by atoms with Crippen LogP contribution in [0, 0.1) is 6.92 Å². The van der Waals surface area contributed by atoms with Gasteiger partial charge in [0.25, 0.3) is 0 Å². The van der Waals surface area contributed by atoms with Crippen LogP contribution in [0.4, 0.5) is 5.69 Å². The van der Waals surface area contributed by atoms with Gasteiger partial charge in [0.05, 0.1) is 11.9 Å². The van der Waals surface area contributed by atoms with E-state index in [9.17, 15) is 13.2 Å². The second-order valence-corrected chi connectivity index (χ2v) is 10.7. The summed E-state index contributed by atoms with van der Waals surface area (Å²) in [4.78, 5) is 14.9. The number of hydrogen-bond donors (Lipinski definition) is 1. The van der Waals surface area contributed by atoms with E-state index in [0.29, 0.717) is 29.2 Å². The van der Waals surface area contributed by atoms with Crippen LogP contribution in [0.3, 0.4) is 0 Å². The van der Waals surface area contributed by atoms with Gasteiger partial charge in [-0.3, -0.25) is 14.0 Å². The molecule has 174 valence electrons. The molecular weight excluding hydrogens is 446 g/mol. The van der Waals surface area contributed by atoms with E-state index in [2.05, 4.69) is 22.3 Å². The first-order chi connectivity index (χ1) is 15.3. The quantitative estimate of drug-likeness (QED) is 0.559. The summed E-state index contributed by atoms with van der Waals surface area (Å²) in [6.45, 7) is 5.66. The van der Waals surface area contributed by atoms with Crippen molar-refractivity contribution in [2.75, 3.05) is 30.2 Å². The summed E-state index contributed by atoms with van der Waals surface area (Å²) in [5.41, 5.74) is 3.63. The molecule has 0 unspecified atom stereocenters. The summed E-state index contributed by atoms with van der Waals surface area (Å²) < 4.78 is 26.0. The monoisotopic (exact) mass is 477 g/mol. The lowest BCUT2D eigenvalue weighted by molar-refractivity contribution is -0.121. The summed E-state index contributed by atoms with van der Waals surface area (Å²) in [5.74, 6) is -0.0859. The van der Waals surface area contributed by atoms with Crippen LogP contribution < -0.4 is 9.62 Å². The van der Waals surface area contributed by atoms with E-state index in [4.69, 9.17) is 11.6 Å². The number of nitrogens with zero attached hydrogens (tertiary/aromatic N) is 2. The van der Waals surface area contributed by atoms with Crippen LogP contribution in [-0.2, 0) is 27.9 Å². The van der Waals surface area contributed by atoms with Crippen molar-refractivity contribution in [1.29, 1.82) is 0 Å². The van der Waals surface area contributed by atoms with E-state index in [1.807, 2.05) is 12.1 Å². The van der Waals surface area contributed by atoms with Gasteiger partial charge < -0.3 is 5.32 Å². The predicted octanol–water partition coefficient (Wildman–Crippen LogP) is 4.11. The lowest BCUT2D eigenvalue weighted by Crippen LogP contribution is -2.32. The van der Waals surface area contributed by atoms with E-state index in [1.54, 1.807) is 25.1 Å². The highest BCUT2D eigenvalue weighted by Gasteiger charge is 2.20. The van der Waals surface area contributed by atoms with E-state index in [1.165, 1.54) is 29.0 Å². The third-order valence-electron chi connectivity index (χ3n) is 5.86. The van der Waals surface area contributed by atoms with Crippen LogP contribution in [0.25, 0.3) is 0 Å². The van der Waals surface area contributed by atoms with Crippen LogP contribution in [0.2, 0.25) is 5.02 Å². The van der Waals surface area contributed by atoms with Crippen molar-refractivity contribution in [2.45, 2.75) is 45.7 Å². The number of carbonyl (C=O) groups is 1. The SMILES string of the molecule is Cc1c(Cl)cccc1N(CCCC(=O)NCc1ccccc1CN1CCCC1)S(C)(=O)=O. The zero-order valence-electron chi connectivity index (χ0n) is 18.8. The molecule has 0 aromatic heterocycles. The second-order valence-electron chi connectivity index (χ2n) is 8.35. The number of nitrogens with one attached hydrogen (secondary N) is 1. The van der Waals surface area contributed by atoms with Gasteiger partial charge in [0, 0.05) is 31.1 Å². The van der Waals surface area contributed by atoms with Crippen molar-refractivity contribution in [3.05, 3.63) is 64.2 Å². The summed E-state index contributed by atoms with van der Waals surface area (Å²) >= 11 is 6.17. The Morgan fingerprint density at radius 2 is 1.78 bits per heavy atom. The van der Waals surface area contributed by atoms with Crippen LogP contribution >= 0.6 is 11.6 Å². The van der Waals surface area contributed by atoms with Gasteiger partial charge in [-0.05, 0) is 68.1 Å². The summed E-state index contributed by atoms with van der Waals surface area (Å²) in [7, 11) is -3.49. The summed E-state index contributed by atoms with van der Waals surface area (Å²) in [6, 6.07) is 13.4. The Balaban J connectivity index is 1.54. The Labute approximate surface area is 196 Å². The van der Waals surface area contributed by atoms with E-state index in [0.717, 1.165) is 25.2 Å². The molecule has 1 amide bonds. The van der Waals surface area contributed by atoms with E-state index < -0.39 is 10.0 Å². The van der Waals surface area contributed by atoms with Gasteiger partial charge >= 0.3 is 0 Å². The lowest BCUT2D eigenvalue weighted by Gasteiger charge is -2.24. The summed E-state index contributed by atoms with van der Waals surface area (Å²) in [5, 5.41) is 3.51. The van der Waals surface area contributed by atoms with Crippen molar-refractivity contribution in [3.8, 4) is 0 Å². The van der Waals surface area contributed by atoms with Crippen molar-refractivity contribution >= 4 is 33.2 Å². The summed E-state index contributed by atoms with van der Waals surface area (Å²) in [6.07, 6.45) is 4.33. The highest BCUT2D eigenvalue weighted by molar-refractivity contribution is 7.92. The Hall–Kier alpha value is -2.09. The van der Waals surface area contributed by atoms with Gasteiger partial charge in [0.2, 0.25) is 15.9 Å². The average molecular weight is 478 g/mol. The molecule has 0 bridgehead atoms. The van der Waals surface area contributed by atoms with E-state index >= 15 is 0 Å². The zero-order valence-corrected chi connectivity index (χ0v) is 20.4. The second kappa shape index (κ2) is 11.2. The predicted molar refractivity (Wildman–Crippen MR) is 130 cm³/mol. The molecule has 1 saturated heterocycles. The lowest BCUT2D eigenvalue weighted by atomic mass is 10.1. The number of hydrogen-bond acceptors (Lipinski definition) is 4. The highest BCUT2D eigenvalue weighted by Crippen LogP contribution is 2.28. The van der Waals surface area contributed by atoms with Crippen molar-refractivity contribution < 1.29 is 13.2 Å². The van der Waals surface area contributed by atoms with Gasteiger partial charge in [-0.25, -0.2) is 8.42 Å². The van der Waals surface area contributed by atoms with Crippen molar-refractivity contribution in [2.24, 2.45) is 0 Å². The fourth-order valence-corrected chi connectivity index (χ4v) is 5.25. The third-order valence-corrected chi connectivity index (χ3v) is 7.45. The standard InChI is InChI=1S/C24H32ClN3O3S/c1-19-22(25)11-7-12-23(19)28(32(2,30)31)16-8-13-24(29)26-17-20-9-3-4-10-21(20)18-27-14-5-6-15-27/h3-4,7,9-12H,5-6,8,13-18H2,1-2H3,(H,26,29). The minimum absolute atomic E-state index is 0.0859. The Bertz CT molecular complexity index is 1040. The fraction of sp³-hybridized carbons (Fsp3) is 0.458. The number of likely N-dealkylation sites (tertiary alicyclic amines) is 1. The van der Waals surface area contributed by atoms with Crippen LogP contribution in [0.5, 0.6) is 0 Å². The molecule has 0 aliphatic carbocycles. The molecule has 1 fully saturated rings. The molecule has 1 N–H and O–H groups in total. The first-order valence-electron chi connectivity index (χ1n) is 11.0. The molecule has 6 nitrogen and oxygen atoms in total. The van der Waals surface area contributed by atoms with Gasteiger partial charge in [-0.1, -0.05) is 41.9 Å². The Morgan fingerprint density at radius 1 is 1.09 bits per heavy atom. The van der Waals surface area contributed by atoms with Crippen molar-refractivity contribution in [3.63, 3.8) is 0 Å². The topological polar surface area (TPSA) is 69.7 Å². The molecule has 32 heavy (non-hydrogen) atoms. The van der Waals surface area contributed by atoms with Gasteiger partial charge in [-0.15, -0.1) is 0 Å². The third kappa shape index (κ3) is 6.70. The Morgan fingerprint density at radius 3 is 2.47 bits per heavy atom. The number of anilines is 1. The number of benzene rings is 2. The molecule has 1 aliphatic heterocycles. The number of halogens is 1. The molecule has 0 saturated carbocycles. The molecule has 0 atom stereocenters. The zero-order chi connectivity index (χ0) is 23.1. The molecule has 0 radical (unpaired) electrons.